The predicted molar refractivity (Wildman–Crippen MR) is 88.8 cm³/mol. The lowest BCUT2D eigenvalue weighted by molar-refractivity contribution is -0.153. The second-order valence-electron chi connectivity index (χ2n) is 5.53. The topological polar surface area (TPSA) is 107 Å². The number of urea groups is 1. The van der Waals surface area contributed by atoms with E-state index in [-0.39, 0.29) is 18.8 Å². The molecular weight excluding hydrogens is 350 g/mol. The molecule has 0 saturated carbocycles. The van der Waals surface area contributed by atoms with Gasteiger partial charge in [0, 0.05) is 19.6 Å². The van der Waals surface area contributed by atoms with Gasteiger partial charge in [-0.25, -0.2) is 4.79 Å². The fraction of sp³-hybridized carbons (Fsp3) is 0.375. The van der Waals surface area contributed by atoms with Gasteiger partial charge in [0.25, 0.3) is 0 Å². The monoisotopic (exact) mass is 367 g/mol. The second-order valence-corrected chi connectivity index (χ2v) is 5.90. The van der Waals surface area contributed by atoms with Crippen LogP contribution in [0.15, 0.2) is 24.3 Å². The van der Waals surface area contributed by atoms with Crippen molar-refractivity contribution in [3.8, 4) is 5.75 Å². The van der Waals surface area contributed by atoms with Gasteiger partial charge < -0.3 is 15.3 Å². The van der Waals surface area contributed by atoms with Crippen molar-refractivity contribution in [3.05, 3.63) is 29.8 Å². The summed E-state index contributed by atoms with van der Waals surface area (Å²) in [6, 6.07) is 3.45. The van der Waals surface area contributed by atoms with Crippen LogP contribution in [0.3, 0.4) is 0 Å². The van der Waals surface area contributed by atoms with Gasteiger partial charge in [0.15, 0.2) is 0 Å². The number of aromatic hydroxyl groups is 1. The number of carbonyl (C=O) groups excluding carboxylic acids is 4. The molecule has 0 radical (unpaired) electrons. The van der Waals surface area contributed by atoms with Crippen LogP contribution in [0.4, 0.5) is 4.79 Å². The summed E-state index contributed by atoms with van der Waals surface area (Å²) < 4.78 is 0. The Labute approximate surface area is 149 Å². The summed E-state index contributed by atoms with van der Waals surface area (Å²) in [5.41, 5.74) is 0.342. The average Bonchev–Trinajstić information content (AvgIpc) is 2.57. The molecule has 1 aliphatic heterocycles. The number of amides is 4. The fourth-order valence-electron chi connectivity index (χ4n) is 2.49. The van der Waals surface area contributed by atoms with Crippen LogP contribution in [0.1, 0.15) is 24.9 Å². The Morgan fingerprint density at radius 1 is 1.20 bits per heavy atom. The van der Waals surface area contributed by atoms with E-state index in [2.05, 4.69) is 5.32 Å². The molecule has 0 spiro atoms. The number of nitrogens with zero attached hydrogens (tertiary/aromatic N) is 2. The van der Waals surface area contributed by atoms with Gasteiger partial charge in [-0.1, -0.05) is 19.1 Å². The van der Waals surface area contributed by atoms with Gasteiger partial charge in [-0.2, -0.15) is 0 Å². The van der Waals surface area contributed by atoms with Gasteiger partial charge >= 0.3 is 17.8 Å². The van der Waals surface area contributed by atoms with Crippen molar-refractivity contribution in [2.75, 3.05) is 19.6 Å². The summed E-state index contributed by atoms with van der Waals surface area (Å²) in [5, 5.41) is 10.8. The van der Waals surface area contributed by atoms with Crippen LogP contribution in [-0.2, 0) is 14.4 Å². The first kappa shape index (κ1) is 18.7. The predicted octanol–water partition coefficient (Wildman–Crippen LogP) is 0.989. The Bertz CT molecular complexity index is 692. The number of halogens is 1. The zero-order valence-corrected chi connectivity index (χ0v) is 14.3. The number of hydrogen-bond donors (Lipinski definition) is 2. The summed E-state index contributed by atoms with van der Waals surface area (Å²) in [4.78, 5) is 50.2. The Balaban J connectivity index is 2.11. The molecule has 0 aliphatic carbocycles. The van der Waals surface area contributed by atoms with E-state index in [1.165, 1.54) is 29.2 Å². The number of benzene rings is 1. The highest BCUT2D eigenvalue weighted by Gasteiger charge is 2.37. The number of imide groups is 1. The summed E-state index contributed by atoms with van der Waals surface area (Å²) in [5.74, 6) is -1.70. The molecule has 0 bridgehead atoms. The van der Waals surface area contributed by atoms with Crippen LogP contribution in [0.5, 0.6) is 5.75 Å². The molecule has 1 heterocycles. The molecule has 1 aliphatic rings. The third kappa shape index (κ3) is 4.27. The average molecular weight is 368 g/mol. The number of phenolic OH excluding ortho intramolecular Hbond substituents is 1. The first-order valence-corrected chi connectivity index (χ1v) is 8.12. The number of phenols is 1. The van der Waals surface area contributed by atoms with E-state index in [9.17, 15) is 24.3 Å². The third-order valence-corrected chi connectivity index (χ3v) is 3.99. The van der Waals surface area contributed by atoms with Crippen LogP contribution in [-0.4, -0.2) is 57.6 Å². The zero-order valence-electron chi connectivity index (χ0n) is 13.6. The molecule has 4 amide bonds. The van der Waals surface area contributed by atoms with Gasteiger partial charge in [0.2, 0.25) is 5.24 Å². The highest BCUT2D eigenvalue weighted by Crippen LogP contribution is 2.20. The molecule has 1 fully saturated rings. The van der Waals surface area contributed by atoms with Crippen LogP contribution in [0.2, 0.25) is 0 Å². The highest BCUT2D eigenvalue weighted by atomic mass is 35.5. The maximum absolute atomic E-state index is 12.3. The van der Waals surface area contributed by atoms with Gasteiger partial charge in [0.05, 0.1) is 0 Å². The minimum absolute atomic E-state index is 0.0105. The van der Waals surface area contributed by atoms with Crippen molar-refractivity contribution in [1.29, 1.82) is 0 Å². The Morgan fingerprint density at radius 2 is 1.84 bits per heavy atom. The molecule has 1 aromatic rings. The van der Waals surface area contributed by atoms with E-state index in [0.717, 1.165) is 4.90 Å². The number of rotatable bonds is 5. The quantitative estimate of drug-likeness (QED) is 0.596. The van der Waals surface area contributed by atoms with Gasteiger partial charge in [-0.05, 0) is 35.7 Å². The van der Waals surface area contributed by atoms with Crippen molar-refractivity contribution >= 4 is 34.7 Å². The first-order chi connectivity index (χ1) is 11.8. The summed E-state index contributed by atoms with van der Waals surface area (Å²) in [6.07, 6.45) is 0.703. The number of carbonyl (C=O) groups is 4. The molecule has 2 rings (SSSR count). The van der Waals surface area contributed by atoms with Gasteiger partial charge in [-0.15, -0.1) is 0 Å². The minimum Gasteiger partial charge on any atom is -0.508 e. The Morgan fingerprint density at radius 3 is 2.40 bits per heavy atom. The SMILES string of the molecule is CCCN1CCN(C(=O)NC(C(=O)Cl)c2ccc(O)cc2)C(=O)C1=O. The van der Waals surface area contributed by atoms with Crippen molar-refractivity contribution in [3.63, 3.8) is 0 Å². The van der Waals surface area contributed by atoms with Crippen LogP contribution in [0, 0.1) is 0 Å². The van der Waals surface area contributed by atoms with E-state index in [4.69, 9.17) is 11.6 Å². The lowest BCUT2D eigenvalue weighted by atomic mass is 10.1. The number of hydrogen-bond acceptors (Lipinski definition) is 5. The van der Waals surface area contributed by atoms with Crippen molar-refractivity contribution in [2.24, 2.45) is 0 Å². The molecule has 2 N–H and O–H groups in total. The smallest absolute Gasteiger partial charge is 0.325 e. The Hall–Kier alpha value is -2.61. The molecule has 25 heavy (non-hydrogen) atoms. The molecule has 1 atom stereocenters. The molecule has 9 heteroatoms. The highest BCUT2D eigenvalue weighted by molar-refractivity contribution is 6.64. The van der Waals surface area contributed by atoms with E-state index in [1.807, 2.05) is 6.92 Å². The standard InChI is InChI=1S/C16H18ClN3O5/c1-2-7-19-8-9-20(15(24)14(19)23)16(25)18-12(13(17)22)10-3-5-11(21)6-4-10/h3-6,12,21H,2,7-9H2,1H3,(H,18,25). The lowest BCUT2D eigenvalue weighted by Gasteiger charge is -2.33. The molecule has 1 saturated heterocycles. The second kappa shape index (κ2) is 7.98. The summed E-state index contributed by atoms with van der Waals surface area (Å²) in [7, 11) is 0. The van der Waals surface area contributed by atoms with E-state index in [1.54, 1.807) is 0 Å². The van der Waals surface area contributed by atoms with Crippen LogP contribution in [0.25, 0.3) is 0 Å². The maximum atomic E-state index is 12.3. The van der Waals surface area contributed by atoms with E-state index in [0.29, 0.717) is 18.5 Å². The largest absolute Gasteiger partial charge is 0.508 e. The van der Waals surface area contributed by atoms with Crippen molar-refractivity contribution in [2.45, 2.75) is 19.4 Å². The summed E-state index contributed by atoms with van der Waals surface area (Å²) >= 11 is 5.54. The van der Waals surface area contributed by atoms with E-state index < -0.39 is 29.1 Å². The molecule has 134 valence electrons. The van der Waals surface area contributed by atoms with E-state index >= 15 is 0 Å². The van der Waals surface area contributed by atoms with Crippen molar-refractivity contribution in [1.82, 2.24) is 15.1 Å². The zero-order chi connectivity index (χ0) is 18.6. The third-order valence-electron chi connectivity index (χ3n) is 3.77. The Kier molecular flexibility index (Phi) is 5.97. The number of piperazine rings is 1. The minimum atomic E-state index is -1.20. The molecule has 1 unspecified atom stereocenters. The van der Waals surface area contributed by atoms with Crippen LogP contribution >= 0.6 is 11.6 Å². The molecule has 1 aromatic carbocycles. The van der Waals surface area contributed by atoms with Gasteiger partial charge in [-0.3, -0.25) is 19.3 Å². The van der Waals surface area contributed by atoms with Crippen LogP contribution < -0.4 is 5.32 Å². The maximum Gasteiger partial charge on any atom is 0.325 e. The normalized spacial score (nSPS) is 15.9. The molecular formula is C16H18ClN3O5. The fourth-order valence-corrected chi connectivity index (χ4v) is 2.67. The first-order valence-electron chi connectivity index (χ1n) is 7.74. The van der Waals surface area contributed by atoms with Gasteiger partial charge in [0.1, 0.15) is 11.8 Å². The molecule has 0 aromatic heterocycles. The molecule has 8 nitrogen and oxygen atoms in total. The lowest BCUT2D eigenvalue weighted by Crippen LogP contribution is -2.58. The summed E-state index contributed by atoms with van der Waals surface area (Å²) in [6.45, 7) is 2.60. The van der Waals surface area contributed by atoms with Crippen molar-refractivity contribution < 1.29 is 24.3 Å². The number of nitrogens with one attached hydrogen (secondary N) is 1.